The van der Waals surface area contributed by atoms with Gasteiger partial charge < -0.3 is 9.47 Å². The Kier molecular flexibility index (Phi) is 17.7. The van der Waals surface area contributed by atoms with Gasteiger partial charge in [0.1, 0.15) is 16.9 Å². The van der Waals surface area contributed by atoms with Crippen molar-refractivity contribution in [3.63, 3.8) is 0 Å². The van der Waals surface area contributed by atoms with E-state index in [1.54, 1.807) is 0 Å². The largest absolute Gasteiger partial charge is 0.494 e. The van der Waals surface area contributed by atoms with E-state index in [9.17, 15) is 4.79 Å². The molecule has 44 heavy (non-hydrogen) atoms. The first-order chi connectivity index (χ1) is 21.6. The maximum Gasteiger partial charge on any atom is 0.330 e. The normalized spacial score (nSPS) is 12.5. The van der Waals surface area contributed by atoms with Crippen molar-refractivity contribution >= 4 is 17.6 Å². The van der Waals surface area contributed by atoms with Gasteiger partial charge in [0.25, 0.3) is 0 Å². The number of ether oxygens (including phenoxy) is 2. The number of halogens is 1. The first kappa shape index (κ1) is 35.7. The highest BCUT2D eigenvalue weighted by Gasteiger charge is 2.28. The van der Waals surface area contributed by atoms with Crippen molar-refractivity contribution < 1.29 is 14.3 Å². The topological polar surface area (TPSA) is 35.5 Å². The van der Waals surface area contributed by atoms with Crippen molar-refractivity contribution in [3.8, 4) is 22.6 Å². The Morgan fingerprint density at radius 2 is 1.05 bits per heavy atom. The number of esters is 1. The van der Waals surface area contributed by atoms with Crippen molar-refractivity contribution in [2.24, 2.45) is 0 Å². The minimum atomic E-state index is -0.746. The van der Waals surface area contributed by atoms with E-state index in [4.69, 9.17) is 21.1 Å². The fraction of sp³-hybridized carbons (Fsp3) is 0.525. The van der Waals surface area contributed by atoms with Crippen molar-refractivity contribution in [2.45, 2.75) is 128 Å². The molecular formula is C40H55ClO3. The summed E-state index contributed by atoms with van der Waals surface area (Å²) in [6.07, 6.45) is 21.3. The van der Waals surface area contributed by atoms with Crippen LogP contribution in [0.25, 0.3) is 11.1 Å². The van der Waals surface area contributed by atoms with E-state index in [1.165, 1.54) is 89.9 Å². The Bertz CT molecular complexity index is 1140. The van der Waals surface area contributed by atoms with E-state index >= 15 is 0 Å². The van der Waals surface area contributed by atoms with Crippen LogP contribution in [0.5, 0.6) is 11.5 Å². The van der Waals surface area contributed by atoms with Gasteiger partial charge in [-0.2, -0.15) is 0 Å². The third-order valence-electron chi connectivity index (χ3n) is 8.52. The first-order valence-electron chi connectivity index (χ1n) is 17.4. The molecular weight excluding hydrogens is 564 g/mol. The van der Waals surface area contributed by atoms with E-state index in [0.29, 0.717) is 5.75 Å². The van der Waals surface area contributed by atoms with Gasteiger partial charge in [0.15, 0.2) is 0 Å². The van der Waals surface area contributed by atoms with Crippen LogP contribution in [0.1, 0.15) is 128 Å². The maximum absolute atomic E-state index is 12.8. The maximum atomic E-state index is 12.8. The molecule has 3 aromatic rings. The number of unbranched alkanes of at least 4 members (excludes halogenated alkanes) is 14. The molecule has 240 valence electrons. The number of rotatable bonds is 23. The van der Waals surface area contributed by atoms with Gasteiger partial charge in [-0.3, -0.25) is 4.79 Å². The predicted octanol–water partition coefficient (Wildman–Crippen LogP) is 12.3. The molecule has 0 aliphatic carbocycles. The van der Waals surface area contributed by atoms with Gasteiger partial charge in [0, 0.05) is 5.92 Å². The van der Waals surface area contributed by atoms with E-state index in [-0.39, 0.29) is 5.92 Å². The van der Waals surface area contributed by atoms with Gasteiger partial charge in [0.2, 0.25) is 0 Å². The molecule has 0 aliphatic heterocycles. The summed E-state index contributed by atoms with van der Waals surface area (Å²) in [5.41, 5.74) is 3.19. The Morgan fingerprint density at radius 1 is 0.591 bits per heavy atom. The molecule has 3 aromatic carbocycles. The summed E-state index contributed by atoms with van der Waals surface area (Å²) in [6, 6.07) is 25.7. The van der Waals surface area contributed by atoms with Crippen LogP contribution >= 0.6 is 11.6 Å². The second-order valence-electron chi connectivity index (χ2n) is 12.1. The highest BCUT2D eigenvalue weighted by atomic mass is 35.5. The fourth-order valence-corrected chi connectivity index (χ4v) is 6.14. The summed E-state index contributed by atoms with van der Waals surface area (Å²) in [6.45, 7) is 5.08. The van der Waals surface area contributed by atoms with Crippen LogP contribution < -0.4 is 9.47 Å². The van der Waals surface area contributed by atoms with Crippen molar-refractivity contribution in [1.82, 2.24) is 0 Å². The lowest BCUT2D eigenvalue weighted by Crippen LogP contribution is -2.27. The van der Waals surface area contributed by atoms with Crippen LogP contribution in [0.4, 0.5) is 0 Å². The summed E-state index contributed by atoms with van der Waals surface area (Å²) < 4.78 is 11.6. The molecule has 2 unspecified atom stereocenters. The molecule has 0 fully saturated rings. The lowest BCUT2D eigenvalue weighted by Gasteiger charge is -2.20. The van der Waals surface area contributed by atoms with Crippen LogP contribution in [0.15, 0.2) is 78.9 Å². The second kappa shape index (κ2) is 21.8. The molecule has 0 saturated heterocycles. The molecule has 0 amide bonds. The Morgan fingerprint density at radius 3 is 1.52 bits per heavy atom. The van der Waals surface area contributed by atoms with E-state index in [2.05, 4.69) is 19.1 Å². The molecule has 0 bridgehead atoms. The standard InChI is InChI=1S/C40H55ClO3/c1-3-5-6-7-8-9-10-11-12-13-14-15-16-17-21-32-43-36-28-24-33(25-29-36)34-26-30-37(31-27-34)44-40(42)39(41)38(4-2)35-22-19-18-20-23-35/h18-20,22-31,38-39H,3-17,21,32H2,1-2H3. The zero-order valence-corrected chi connectivity index (χ0v) is 28.0. The molecule has 0 spiro atoms. The van der Waals surface area contributed by atoms with Crippen LogP contribution in [0.3, 0.4) is 0 Å². The minimum Gasteiger partial charge on any atom is -0.494 e. The smallest absolute Gasteiger partial charge is 0.330 e. The quantitative estimate of drug-likeness (QED) is 0.0459. The van der Waals surface area contributed by atoms with E-state index in [0.717, 1.165) is 41.9 Å². The summed E-state index contributed by atoms with van der Waals surface area (Å²) in [4.78, 5) is 12.8. The summed E-state index contributed by atoms with van der Waals surface area (Å²) in [5, 5.41) is -0.746. The predicted molar refractivity (Wildman–Crippen MR) is 187 cm³/mol. The summed E-state index contributed by atoms with van der Waals surface area (Å²) in [5.74, 6) is 0.882. The lowest BCUT2D eigenvalue weighted by molar-refractivity contribution is -0.134. The van der Waals surface area contributed by atoms with Crippen LogP contribution in [0.2, 0.25) is 0 Å². The number of hydrogen-bond acceptors (Lipinski definition) is 3. The van der Waals surface area contributed by atoms with E-state index in [1.807, 2.05) is 73.7 Å². The van der Waals surface area contributed by atoms with Gasteiger partial charge in [-0.15, -0.1) is 11.6 Å². The number of carbonyl (C=O) groups excluding carboxylic acids is 1. The van der Waals surface area contributed by atoms with Crippen LogP contribution in [0, 0.1) is 0 Å². The summed E-state index contributed by atoms with van der Waals surface area (Å²) >= 11 is 6.55. The lowest BCUT2D eigenvalue weighted by atomic mass is 9.93. The SMILES string of the molecule is CCCCCCCCCCCCCCCCCOc1ccc(-c2ccc(OC(=O)C(Cl)C(CC)c3ccccc3)cc2)cc1. The van der Waals surface area contributed by atoms with Gasteiger partial charge in [-0.05, 0) is 53.8 Å². The van der Waals surface area contributed by atoms with Gasteiger partial charge in [-0.25, -0.2) is 0 Å². The van der Waals surface area contributed by atoms with Crippen LogP contribution in [-0.2, 0) is 4.79 Å². The molecule has 0 radical (unpaired) electrons. The molecule has 0 heterocycles. The van der Waals surface area contributed by atoms with Gasteiger partial charge in [0.05, 0.1) is 6.61 Å². The zero-order valence-electron chi connectivity index (χ0n) is 27.3. The van der Waals surface area contributed by atoms with E-state index < -0.39 is 11.3 Å². The third kappa shape index (κ3) is 13.5. The molecule has 0 aromatic heterocycles. The highest BCUT2D eigenvalue weighted by molar-refractivity contribution is 6.30. The number of carbonyl (C=O) groups is 1. The molecule has 3 nitrogen and oxygen atoms in total. The molecule has 2 atom stereocenters. The Labute approximate surface area is 272 Å². The summed E-state index contributed by atoms with van der Waals surface area (Å²) in [7, 11) is 0. The Balaban J connectivity index is 1.26. The molecule has 3 rings (SSSR count). The third-order valence-corrected chi connectivity index (χ3v) is 9.01. The molecule has 0 saturated carbocycles. The fourth-order valence-electron chi connectivity index (χ4n) is 5.77. The molecule has 0 aliphatic rings. The Hall–Kier alpha value is -2.78. The first-order valence-corrected chi connectivity index (χ1v) is 17.8. The van der Waals surface area contributed by atoms with Crippen molar-refractivity contribution in [2.75, 3.05) is 6.61 Å². The molecule has 4 heteroatoms. The van der Waals surface area contributed by atoms with Gasteiger partial charge >= 0.3 is 5.97 Å². The number of hydrogen-bond donors (Lipinski definition) is 0. The monoisotopic (exact) mass is 618 g/mol. The van der Waals surface area contributed by atoms with Crippen molar-refractivity contribution in [3.05, 3.63) is 84.4 Å². The van der Waals surface area contributed by atoms with Gasteiger partial charge in [-0.1, -0.05) is 158 Å². The number of alkyl halides is 1. The molecule has 0 N–H and O–H groups in total. The van der Waals surface area contributed by atoms with Crippen LogP contribution in [-0.4, -0.2) is 18.0 Å². The highest BCUT2D eigenvalue weighted by Crippen LogP contribution is 2.30. The zero-order chi connectivity index (χ0) is 31.2. The number of benzene rings is 3. The van der Waals surface area contributed by atoms with Crippen molar-refractivity contribution in [1.29, 1.82) is 0 Å². The minimum absolute atomic E-state index is 0.0930. The average molecular weight is 619 g/mol. The average Bonchev–Trinajstić information content (AvgIpc) is 3.06. The second-order valence-corrected chi connectivity index (χ2v) is 12.6.